The maximum Gasteiger partial charge on any atom is 0.411 e. The topological polar surface area (TPSA) is 169 Å². The van der Waals surface area contributed by atoms with E-state index in [1.54, 1.807) is 54.8 Å². The van der Waals surface area contributed by atoms with Crippen LogP contribution >= 0.6 is 23.2 Å². The van der Waals surface area contributed by atoms with Crippen molar-refractivity contribution in [2.75, 3.05) is 64.3 Å². The number of carbonyl (C=O) groups is 3. The first kappa shape index (κ1) is 39.3. The van der Waals surface area contributed by atoms with Crippen molar-refractivity contribution < 1.29 is 37.7 Å². The highest BCUT2D eigenvalue weighted by Crippen LogP contribution is 2.33. The van der Waals surface area contributed by atoms with Gasteiger partial charge in [0.2, 0.25) is 5.82 Å². The molecule has 4 aromatic rings. The van der Waals surface area contributed by atoms with Crippen LogP contribution in [0.15, 0.2) is 48.9 Å². The molecule has 290 valence electrons. The molecule has 2 aromatic carbocycles. The predicted octanol–water partition coefficient (Wildman–Crippen LogP) is 5.33. The monoisotopic (exact) mass is 799 g/mol. The molecule has 55 heavy (non-hydrogen) atoms. The molecule has 2 aromatic heterocycles. The van der Waals surface area contributed by atoms with E-state index >= 15 is 4.39 Å². The Balaban J connectivity index is 1.08. The predicted molar refractivity (Wildman–Crippen MR) is 197 cm³/mol. The van der Waals surface area contributed by atoms with E-state index in [9.17, 15) is 23.9 Å². The number of imidazole rings is 1. The van der Waals surface area contributed by atoms with Gasteiger partial charge in [0.1, 0.15) is 11.7 Å². The number of anilines is 2. The quantitative estimate of drug-likeness (QED) is 0.184. The smallest absolute Gasteiger partial charge is 0.411 e. The SMILES string of the molecule is CC(C)(C)OC(=O)N1CCN(C(=O)N2CCN(C(=O)c3ccc(Nc4nccn5c(-c6ccc(OCC#N)c(F)c6F)cnc45)cc3Cl)CC2)C[C@@]1(Cl)CO. The third kappa shape index (κ3) is 8.16. The van der Waals surface area contributed by atoms with Gasteiger partial charge in [0.05, 0.1) is 35.6 Å². The number of hydrogen-bond acceptors (Lipinski definition) is 10. The number of nitrogens with zero attached hydrogens (tertiary/aromatic N) is 8. The number of nitriles is 1. The summed E-state index contributed by atoms with van der Waals surface area (Å²) in [7, 11) is 0. The molecule has 0 bridgehead atoms. The van der Waals surface area contributed by atoms with E-state index < -0.39 is 41.5 Å². The van der Waals surface area contributed by atoms with E-state index in [2.05, 4.69) is 15.3 Å². The summed E-state index contributed by atoms with van der Waals surface area (Å²) in [6, 6.07) is 8.70. The zero-order chi connectivity index (χ0) is 39.7. The summed E-state index contributed by atoms with van der Waals surface area (Å²) < 4.78 is 41.6. The second kappa shape index (κ2) is 15.7. The molecule has 2 fully saturated rings. The van der Waals surface area contributed by atoms with Crippen LogP contribution in [0.5, 0.6) is 5.75 Å². The summed E-state index contributed by atoms with van der Waals surface area (Å²) in [4.78, 5) is 52.8. The lowest BCUT2D eigenvalue weighted by Crippen LogP contribution is -2.66. The number of halogens is 4. The van der Waals surface area contributed by atoms with Crippen molar-refractivity contribution in [1.82, 2.24) is 34.0 Å². The van der Waals surface area contributed by atoms with E-state index in [1.165, 1.54) is 44.9 Å². The van der Waals surface area contributed by atoms with Crippen molar-refractivity contribution in [2.24, 2.45) is 0 Å². The molecule has 0 spiro atoms. The van der Waals surface area contributed by atoms with Crippen molar-refractivity contribution in [3.05, 3.63) is 71.1 Å². The highest BCUT2D eigenvalue weighted by Gasteiger charge is 2.46. The fourth-order valence-electron chi connectivity index (χ4n) is 6.28. The zero-order valence-electron chi connectivity index (χ0n) is 30.1. The van der Waals surface area contributed by atoms with Gasteiger partial charge in [0, 0.05) is 62.9 Å². The Morgan fingerprint density at radius 2 is 1.73 bits per heavy atom. The third-order valence-electron chi connectivity index (χ3n) is 8.98. The van der Waals surface area contributed by atoms with E-state index in [4.69, 9.17) is 37.9 Å². The Bertz CT molecular complexity index is 2170. The first-order valence-corrected chi connectivity index (χ1v) is 17.9. The molecule has 2 N–H and O–H groups in total. The number of aliphatic hydroxyl groups is 1. The molecule has 4 heterocycles. The summed E-state index contributed by atoms with van der Waals surface area (Å²) >= 11 is 13.3. The van der Waals surface area contributed by atoms with Gasteiger partial charge in [-0.15, -0.1) is 0 Å². The molecule has 19 heteroatoms. The molecule has 6 rings (SSSR count). The van der Waals surface area contributed by atoms with E-state index in [-0.39, 0.29) is 91.2 Å². The largest absolute Gasteiger partial charge is 0.476 e. The molecule has 2 saturated heterocycles. The number of aliphatic hydroxyl groups excluding tert-OH is 1. The molecule has 4 amide bonds. The molecular weight excluding hydrogens is 763 g/mol. The number of alkyl halides is 1. The van der Waals surface area contributed by atoms with Crippen LogP contribution in [0.3, 0.4) is 0 Å². The third-order valence-corrected chi connectivity index (χ3v) is 9.74. The van der Waals surface area contributed by atoms with Crippen LogP contribution in [-0.2, 0) is 4.74 Å². The zero-order valence-corrected chi connectivity index (χ0v) is 31.6. The molecular formula is C36H37Cl2F2N9O6. The van der Waals surface area contributed by atoms with E-state index in [0.717, 1.165) is 0 Å². The second-order valence-corrected chi connectivity index (χ2v) is 14.9. The molecule has 0 saturated carbocycles. The number of fused-ring (bicyclic) bond motifs is 1. The first-order chi connectivity index (χ1) is 26.1. The van der Waals surface area contributed by atoms with Crippen LogP contribution in [0, 0.1) is 23.0 Å². The van der Waals surface area contributed by atoms with Gasteiger partial charge in [0.15, 0.2) is 34.6 Å². The number of hydrogen-bond donors (Lipinski definition) is 2. The maximum atomic E-state index is 15.1. The minimum atomic E-state index is -1.56. The van der Waals surface area contributed by atoms with Gasteiger partial charge in [-0.3, -0.25) is 14.1 Å². The summed E-state index contributed by atoms with van der Waals surface area (Å²) in [6.45, 7) is 5.22. The molecule has 0 aliphatic carbocycles. The molecule has 0 unspecified atom stereocenters. The summed E-state index contributed by atoms with van der Waals surface area (Å²) in [6.07, 6.45) is 3.67. The molecule has 2 aliphatic rings. The highest BCUT2D eigenvalue weighted by atomic mass is 35.5. The van der Waals surface area contributed by atoms with E-state index in [1.807, 2.05) is 0 Å². The molecule has 2 aliphatic heterocycles. The van der Waals surface area contributed by atoms with Gasteiger partial charge in [-0.25, -0.2) is 23.9 Å². The van der Waals surface area contributed by atoms with Crippen molar-refractivity contribution in [3.8, 4) is 23.1 Å². The maximum absolute atomic E-state index is 15.1. The number of benzene rings is 2. The number of ether oxygens (including phenoxy) is 2. The number of amides is 4. The lowest BCUT2D eigenvalue weighted by Gasteiger charge is -2.47. The van der Waals surface area contributed by atoms with Crippen LogP contribution < -0.4 is 10.1 Å². The van der Waals surface area contributed by atoms with E-state index in [0.29, 0.717) is 11.3 Å². The van der Waals surface area contributed by atoms with Crippen LogP contribution in [0.2, 0.25) is 5.02 Å². The average molecular weight is 801 g/mol. The fourth-order valence-corrected chi connectivity index (χ4v) is 6.84. The summed E-state index contributed by atoms with van der Waals surface area (Å²) in [5.41, 5.74) is 0.403. The van der Waals surface area contributed by atoms with Crippen molar-refractivity contribution in [1.29, 1.82) is 5.26 Å². The Morgan fingerprint density at radius 3 is 2.40 bits per heavy atom. The minimum absolute atomic E-state index is 0.0678. The van der Waals surface area contributed by atoms with Gasteiger partial charge in [-0.05, 0) is 51.1 Å². The van der Waals surface area contributed by atoms with Gasteiger partial charge < -0.3 is 34.6 Å². The van der Waals surface area contributed by atoms with Gasteiger partial charge in [-0.2, -0.15) is 9.65 Å². The molecule has 0 radical (unpaired) electrons. The summed E-state index contributed by atoms with van der Waals surface area (Å²) in [5.74, 6) is -2.84. The summed E-state index contributed by atoms with van der Waals surface area (Å²) in [5, 5.41) is 22.0. The number of urea groups is 1. The highest BCUT2D eigenvalue weighted by molar-refractivity contribution is 6.34. The minimum Gasteiger partial charge on any atom is -0.476 e. The van der Waals surface area contributed by atoms with Crippen molar-refractivity contribution in [3.63, 3.8) is 0 Å². The van der Waals surface area contributed by atoms with Crippen molar-refractivity contribution in [2.45, 2.75) is 31.4 Å². The number of aromatic nitrogens is 3. The Labute approximate surface area is 324 Å². The normalized spacial score (nSPS) is 17.6. The van der Waals surface area contributed by atoms with Gasteiger partial charge in [0.25, 0.3) is 5.91 Å². The Kier molecular flexibility index (Phi) is 11.2. The first-order valence-electron chi connectivity index (χ1n) is 17.1. The van der Waals surface area contributed by atoms with Gasteiger partial charge in [-0.1, -0.05) is 23.2 Å². The lowest BCUT2D eigenvalue weighted by molar-refractivity contribution is -0.0205. The van der Waals surface area contributed by atoms with Crippen LogP contribution in [0.1, 0.15) is 31.1 Å². The van der Waals surface area contributed by atoms with Gasteiger partial charge >= 0.3 is 12.1 Å². The number of carbonyl (C=O) groups excluding carboxylic acids is 3. The fraction of sp³-hybridized carbons (Fsp3) is 0.389. The number of rotatable bonds is 7. The van der Waals surface area contributed by atoms with Crippen molar-refractivity contribution >= 4 is 58.4 Å². The van der Waals surface area contributed by atoms with Crippen LogP contribution in [-0.4, -0.2) is 127 Å². The van der Waals surface area contributed by atoms with Crippen LogP contribution in [0.25, 0.3) is 16.9 Å². The molecule has 15 nitrogen and oxygen atoms in total. The number of nitrogens with one attached hydrogen (secondary N) is 1. The molecule has 1 atom stereocenters. The Hall–Kier alpha value is -5.44. The van der Waals surface area contributed by atoms with Crippen LogP contribution in [0.4, 0.5) is 29.9 Å². The lowest BCUT2D eigenvalue weighted by atomic mass is 10.1. The average Bonchev–Trinajstić information content (AvgIpc) is 3.59. The number of piperazine rings is 2. The Morgan fingerprint density at radius 1 is 1.02 bits per heavy atom. The second-order valence-electron chi connectivity index (χ2n) is 13.8. The standard InChI is InChI=1S/C36H37Cl2F2N9O6/c1-35(2,3)55-34(53)49-16-15-47(20-36(49,38)21-50)33(52)46-13-11-45(12-14-46)32(51)23-5-4-22(18-25(23)37)44-30-31-43-19-26(48(31)10-9-42-30)24-6-7-27(54-17-8-41)29(40)28(24)39/h4-7,9-10,18-19,50H,11-17,20-21H2,1-3H3,(H,42,44)/t36-/m0/s1.